The molecule has 0 fully saturated rings. The fourth-order valence-electron chi connectivity index (χ4n) is 8.47. The summed E-state index contributed by atoms with van der Waals surface area (Å²) in [5.41, 5.74) is 19.8. The molecular formula is C66H102Mg2N4S2+2. The van der Waals surface area contributed by atoms with Crippen LogP contribution in [0, 0.1) is 0 Å². The van der Waals surface area contributed by atoms with Crippen LogP contribution in [-0.4, -0.2) is 69.0 Å². The van der Waals surface area contributed by atoms with Gasteiger partial charge < -0.3 is 35.9 Å². The Balaban J connectivity index is 0. The number of unbranched alkanes of at least 4 members (excludes halogenated alkanes) is 2. The third-order valence-electron chi connectivity index (χ3n) is 12.5. The van der Waals surface area contributed by atoms with Crippen molar-refractivity contribution >= 4 is 106 Å². The second-order valence-electron chi connectivity index (χ2n) is 22.0. The molecule has 74 heavy (non-hydrogen) atoms. The van der Waals surface area contributed by atoms with Gasteiger partial charge in [-0.05, 0) is 59.5 Å². The molecule has 0 aliphatic rings. The van der Waals surface area contributed by atoms with Crippen LogP contribution >= 0.6 is 0 Å². The molecule has 0 aromatic heterocycles. The van der Waals surface area contributed by atoms with Crippen LogP contribution in [0.25, 0.3) is 10.6 Å². The monoisotopic (exact) mass is 1060 g/mol. The average molecular weight is 1060 g/mol. The molecule has 4 rings (SSSR count). The molecule has 0 atom stereocenters. The maximum atomic E-state index is 5.10. The van der Waals surface area contributed by atoms with Crippen LogP contribution in [0.2, 0.25) is 0 Å². The maximum absolute atomic E-state index is 5.10. The zero-order valence-corrected chi connectivity index (χ0v) is 55.5. The van der Waals surface area contributed by atoms with E-state index in [0.717, 1.165) is 45.7 Å². The maximum Gasteiger partial charge on any atom is 2.00 e. The van der Waals surface area contributed by atoms with Gasteiger partial charge in [0.05, 0.1) is 0 Å². The van der Waals surface area contributed by atoms with E-state index in [9.17, 15) is 0 Å². The molecular weight excluding hydrogens is 961 g/mol. The number of nitrogens with zero attached hydrogens (tertiary/aromatic N) is 2. The number of benzene rings is 4. The Hall–Kier alpha value is -2.47. The first kappa shape index (κ1) is 73.6. The van der Waals surface area contributed by atoms with Crippen LogP contribution in [0.15, 0.2) is 96.3 Å². The van der Waals surface area contributed by atoms with Gasteiger partial charge in [0.15, 0.2) is 11.4 Å². The molecule has 0 radical (unpaired) electrons. The molecule has 0 aliphatic heterocycles. The molecule has 400 valence electrons. The SMILES string of the molecule is CC(/C=C(/C)[N-]c1c(C(C)C)cccc1C(C)C)=[NH+]c1c(C(C)C)cccc1C(C)C.CC(/C=C(/C)[N-]c1c(C(C)C)cccc1C(C)C)=[NH+]c1c(C(C)C)cccc1C(C)C.CCCC[S-].CCCC[S-].[Mg+2].[Mg+2]. The predicted molar refractivity (Wildman–Crippen MR) is 340 cm³/mol. The second-order valence-corrected chi connectivity index (χ2v) is 22.8. The first-order valence-corrected chi connectivity index (χ1v) is 28.7. The van der Waals surface area contributed by atoms with Gasteiger partial charge >= 0.3 is 46.1 Å². The molecule has 8 heteroatoms. The smallest absolute Gasteiger partial charge is 0.793 e. The van der Waals surface area contributed by atoms with Crippen molar-refractivity contribution in [1.82, 2.24) is 0 Å². The fourth-order valence-corrected chi connectivity index (χ4v) is 9.05. The second kappa shape index (κ2) is 39.0. The van der Waals surface area contributed by atoms with E-state index >= 15 is 0 Å². The van der Waals surface area contributed by atoms with Gasteiger partial charge in [-0.1, -0.05) is 259 Å². The number of hydrogen-bond donors (Lipinski definition) is 2. The molecule has 0 saturated carbocycles. The van der Waals surface area contributed by atoms with Gasteiger partial charge in [-0.25, -0.2) is 9.98 Å². The van der Waals surface area contributed by atoms with E-state index in [-0.39, 0.29) is 46.1 Å². The van der Waals surface area contributed by atoms with Crippen LogP contribution < -0.4 is 9.98 Å². The molecule has 4 aromatic carbocycles. The van der Waals surface area contributed by atoms with Gasteiger partial charge in [-0.2, -0.15) is 22.9 Å². The van der Waals surface area contributed by atoms with Crippen LogP contribution in [0.1, 0.15) is 270 Å². The van der Waals surface area contributed by atoms with Gasteiger partial charge in [0, 0.05) is 36.1 Å². The van der Waals surface area contributed by atoms with Crippen molar-refractivity contribution in [3.05, 3.63) is 151 Å². The van der Waals surface area contributed by atoms with E-state index < -0.39 is 0 Å². The molecule has 2 N–H and O–H groups in total. The van der Waals surface area contributed by atoms with E-state index in [1.54, 1.807) is 0 Å². The Morgan fingerprint density at radius 2 is 0.595 bits per heavy atom. The Bertz CT molecular complexity index is 2060. The zero-order valence-electron chi connectivity index (χ0n) is 51.1. The molecule has 0 bridgehead atoms. The van der Waals surface area contributed by atoms with Crippen LogP contribution in [0.3, 0.4) is 0 Å². The van der Waals surface area contributed by atoms with Crippen LogP contribution in [0.5, 0.6) is 0 Å². The number of para-hydroxylation sites is 4. The molecule has 4 aromatic rings. The van der Waals surface area contributed by atoms with Gasteiger partial charge in [0.25, 0.3) is 0 Å². The van der Waals surface area contributed by atoms with Crippen molar-refractivity contribution in [2.75, 3.05) is 11.5 Å². The van der Waals surface area contributed by atoms with Gasteiger partial charge in [0.2, 0.25) is 11.4 Å². The summed E-state index contributed by atoms with van der Waals surface area (Å²) in [5, 5.41) is 10.2. The largest absolute Gasteiger partial charge is 2.00 e. The summed E-state index contributed by atoms with van der Waals surface area (Å²) in [6.45, 7) is 48.8. The summed E-state index contributed by atoms with van der Waals surface area (Å²) < 4.78 is 0. The quantitative estimate of drug-likeness (QED) is 0.0526. The summed E-state index contributed by atoms with van der Waals surface area (Å²) in [5.74, 6) is 5.50. The minimum Gasteiger partial charge on any atom is -0.793 e. The minimum absolute atomic E-state index is 0. The molecule has 0 amide bonds. The standard InChI is InChI=1S/2C29H41N2.2C4H10S.2Mg/c2*1-18(2)24-13-11-14-25(19(3)4)28(24)30-22(9)17-23(10)31-29-26(20(5)6)15-12-16-27(29)21(7)8;2*1-2-3-4-5;;/h2*11-21H,1-10H3;2*5H,2-4H2,1H3;;/q2*-1;;;2*+2/b2*22-17-,31-23?;;;;. The normalized spacial score (nSPS) is 12.1. The minimum atomic E-state index is 0. The molecule has 0 spiro atoms. The molecule has 0 heterocycles. The molecule has 0 unspecified atom stereocenters. The first-order chi connectivity index (χ1) is 33.9. The summed E-state index contributed by atoms with van der Waals surface area (Å²) >= 11 is 9.30. The van der Waals surface area contributed by atoms with Gasteiger partial charge in [-0.15, -0.1) is 11.4 Å². The van der Waals surface area contributed by atoms with E-state index in [0.29, 0.717) is 47.3 Å². The van der Waals surface area contributed by atoms with Gasteiger partial charge in [0.1, 0.15) is 0 Å². The van der Waals surface area contributed by atoms with Crippen molar-refractivity contribution in [3.8, 4) is 0 Å². The van der Waals surface area contributed by atoms with E-state index in [1.807, 2.05) is 0 Å². The van der Waals surface area contributed by atoms with Crippen molar-refractivity contribution in [3.63, 3.8) is 0 Å². The third kappa shape index (κ3) is 25.3. The molecule has 4 nitrogen and oxygen atoms in total. The van der Waals surface area contributed by atoms with E-state index in [2.05, 4.69) is 273 Å². The average Bonchev–Trinajstić information content (AvgIpc) is 3.29. The number of hydrogen-bond acceptors (Lipinski definition) is 2. The van der Waals surface area contributed by atoms with E-state index in [4.69, 9.17) is 10.6 Å². The van der Waals surface area contributed by atoms with Crippen LogP contribution in [-0.2, 0) is 25.3 Å². The number of allylic oxidation sites excluding steroid dienone is 4. The van der Waals surface area contributed by atoms with Crippen molar-refractivity contribution in [1.29, 1.82) is 0 Å². The van der Waals surface area contributed by atoms with Crippen molar-refractivity contribution in [2.45, 2.75) is 225 Å². The Morgan fingerprint density at radius 1 is 0.392 bits per heavy atom. The first-order valence-electron chi connectivity index (χ1n) is 27.6. The molecule has 0 aliphatic carbocycles. The topological polar surface area (TPSA) is 56.1 Å². The van der Waals surface area contributed by atoms with Crippen molar-refractivity contribution < 1.29 is 9.98 Å². The summed E-state index contributed by atoms with van der Waals surface area (Å²) in [7, 11) is 0. The Morgan fingerprint density at radius 3 is 0.757 bits per heavy atom. The van der Waals surface area contributed by atoms with Crippen molar-refractivity contribution in [2.24, 2.45) is 0 Å². The Kier molecular flexibility index (Phi) is 38.8. The summed E-state index contributed by atoms with van der Waals surface area (Å²) in [4.78, 5) is 7.43. The summed E-state index contributed by atoms with van der Waals surface area (Å²) in [6, 6.07) is 26.5. The number of nitrogens with one attached hydrogen (secondary N) is 2. The third-order valence-corrected chi connectivity index (χ3v) is 13.1. The summed E-state index contributed by atoms with van der Waals surface area (Å²) in [6.07, 6.45) is 9.22. The molecule has 0 saturated heterocycles. The fraction of sp³-hybridized carbons (Fsp3) is 0.545. The zero-order chi connectivity index (χ0) is 54.8. The number of rotatable bonds is 20. The van der Waals surface area contributed by atoms with Gasteiger partial charge in [-0.3, -0.25) is 0 Å². The predicted octanol–water partition coefficient (Wildman–Crippen LogP) is 17.8. The van der Waals surface area contributed by atoms with Crippen LogP contribution in [0.4, 0.5) is 22.7 Å². The Labute approximate surface area is 499 Å². The van der Waals surface area contributed by atoms with E-state index in [1.165, 1.54) is 81.6 Å².